The third kappa shape index (κ3) is 6.45. The summed E-state index contributed by atoms with van der Waals surface area (Å²) in [6.07, 6.45) is 4.19. The molecule has 0 amide bonds. The second-order valence-electron chi connectivity index (χ2n) is 17.1. The Hall–Kier alpha value is 0.251. The zero-order valence-corrected chi connectivity index (χ0v) is 33.8. The number of rotatable bonds is 10. The summed E-state index contributed by atoms with van der Waals surface area (Å²) in [4.78, 5) is 23.4. The number of hydrogen-bond acceptors (Lipinski definition) is 4. The van der Waals surface area contributed by atoms with Crippen LogP contribution in [0.1, 0.15) is 150 Å². The van der Waals surface area contributed by atoms with E-state index in [0.717, 1.165) is 25.7 Å². The summed E-state index contributed by atoms with van der Waals surface area (Å²) in [5.74, 6) is 0. The molecule has 39 heavy (non-hydrogen) atoms. The Labute approximate surface area is 267 Å². The summed E-state index contributed by atoms with van der Waals surface area (Å²) in [5.41, 5.74) is 4.67. The molecule has 0 aromatic carbocycles. The average Bonchev–Trinajstić information content (AvgIpc) is 3.42. The Kier molecular flexibility index (Phi) is 10.1. The van der Waals surface area contributed by atoms with Gasteiger partial charge in [-0.1, -0.05) is 0 Å². The number of aliphatic imine (C=N–C) groups is 4. The average molecular weight is 664 g/mol. The predicted molar refractivity (Wildman–Crippen MR) is 176 cm³/mol. The maximum atomic E-state index is 5.84. The minimum atomic E-state index is -2.32. The fourth-order valence-corrected chi connectivity index (χ4v) is 13.7. The fraction of sp³-hybridized carbons (Fsp3) is 0.882. The molecule has 0 radical (unpaired) electrons. The van der Waals surface area contributed by atoms with Crippen molar-refractivity contribution in [3.8, 4) is 0 Å². The third-order valence-electron chi connectivity index (χ3n) is 10.6. The minimum absolute atomic E-state index is 0.0199. The maximum absolute atomic E-state index is 5.84. The van der Waals surface area contributed by atoms with Crippen LogP contribution in [-0.4, -0.2) is 67.3 Å². The van der Waals surface area contributed by atoms with Gasteiger partial charge in [0.2, 0.25) is 0 Å². The van der Waals surface area contributed by atoms with E-state index in [4.69, 9.17) is 20.0 Å². The molecule has 2 aliphatic rings. The van der Waals surface area contributed by atoms with Crippen LogP contribution in [0.15, 0.2) is 20.0 Å². The van der Waals surface area contributed by atoms with E-state index in [9.17, 15) is 0 Å². The van der Waals surface area contributed by atoms with Crippen LogP contribution in [0, 0.1) is 32.5 Å². The van der Waals surface area contributed by atoms with E-state index in [1.807, 2.05) is 0 Å². The zero-order chi connectivity index (χ0) is 30.7. The van der Waals surface area contributed by atoms with Gasteiger partial charge in [0.15, 0.2) is 0 Å². The van der Waals surface area contributed by atoms with Crippen molar-refractivity contribution in [3.63, 3.8) is 0 Å². The summed E-state index contributed by atoms with van der Waals surface area (Å²) in [6.45, 7) is 42.2. The van der Waals surface area contributed by atoms with E-state index in [1.165, 1.54) is 22.8 Å². The Morgan fingerprint density at radius 2 is 0.590 bits per heavy atom. The Balaban J connectivity index is 3.02. The Morgan fingerprint density at radius 3 is 0.718 bits per heavy atom. The van der Waals surface area contributed by atoms with E-state index in [-0.39, 0.29) is 32.5 Å². The van der Waals surface area contributed by atoms with Gasteiger partial charge < -0.3 is 0 Å². The molecule has 2 aliphatic heterocycles. The molecule has 0 unspecified atom stereocenters. The zero-order valence-electron chi connectivity index (χ0n) is 29.3. The normalized spacial score (nSPS) is 20.4. The summed E-state index contributed by atoms with van der Waals surface area (Å²) < 4.78 is -0.853. The van der Waals surface area contributed by atoms with Crippen molar-refractivity contribution in [2.45, 2.75) is 151 Å². The molecule has 0 saturated carbocycles. The molecule has 5 heteroatoms. The number of hydrogen-bond donors (Lipinski definition) is 0. The first-order chi connectivity index (χ1) is 17.3. The second-order valence-corrected chi connectivity index (χ2v) is 24.4. The first-order valence-corrected chi connectivity index (χ1v) is 20.2. The Morgan fingerprint density at radius 1 is 0.410 bits per heavy atom. The molecule has 0 bridgehead atoms. The molecule has 0 saturated heterocycles. The van der Waals surface area contributed by atoms with Crippen molar-refractivity contribution in [2.75, 3.05) is 0 Å². The van der Waals surface area contributed by atoms with Crippen molar-refractivity contribution < 1.29 is 0 Å². The van der Waals surface area contributed by atoms with Crippen LogP contribution in [0.4, 0.5) is 0 Å². The van der Waals surface area contributed by atoms with Crippen LogP contribution < -0.4 is 0 Å². The molecular formula is C34H62BaN4. The molecule has 0 fully saturated rings. The number of nitrogens with zero attached hydrogens (tertiary/aromatic N) is 4. The Bertz CT molecular complexity index is 904. The molecule has 2 heterocycles. The van der Waals surface area contributed by atoms with E-state index in [1.54, 1.807) is 0 Å². The predicted octanol–water partition coefficient (Wildman–Crippen LogP) is 9.63. The summed E-state index contributed by atoms with van der Waals surface area (Å²) in [5, 5.41) is 0. The van der Waals surface area contributed by atoms with E-state index in [0.29, 0.717) is 0 Å². The van der Waals surface area contributed by atoms with Gasteiger partial charge in [0.1, 0.15) is 0 Å². The first kappa shape index (κ1) is 35.4. The quantitative estimate of drug-likeness (QED) is 0.209. The topological polar surface area (TPSA) is 49.4 Å². The van der Waals surface area contributed by atoms with Gasteiger partial charge in [0, 0.05) is 0 Å². The third-order valence-corrected chi connectivity index (χ3v) is 22.4. The monoisotopic (exact) mass is 664 g/mol. The second kappa shape index (κ2) is 11.1. The van der Waals surface area contributed by atoms with Gasteiger partial charge >= 0.3 is 270 Å². The van der Waals surface area contributed by atoms with Gasteiger partial charge in [0.25, 0.3) is 0 Å². The molecule has 2 rings (SSSR count). The molecule has 0 aromatic rings. The van der Waals surface area contributed by atoms with Crippen molar-refractivity contribution in [2.24, 2.45) is 52.5 Å². The van der Waals surface area contributed by atoms with E-state index in [2.05, 4.69) is 125 Å². The molecular weight excluding hydrogens is 602 g/mol. The first-order valence-electron chi connectivity index (χ1n) is 15.7. The van der Waals surface area contributed by atoms with E-state index >= 15 is 0 Å². The molecule has 220 valence electrons. The summed E-state index contributed by atoms with van der Waals surface area (Å²) in [6, 6.07) is 0. The standard InChI is InChI=1S/2C17H31N2.Ba/c2*1-10-16(6,7)12-13(17(8,9)11-2)19-14(18-12)15(3,4)5;/h2*10-11H2,1-9H3;. The van der Waals surface area contributed by atoms with Gasteiger partial charge in [-0.3, -0.25) is 0 Å². The van der Waals surface area contributed by atoms with Crippen LogP contribution >= 0.6 is 0 Å². The summed E-state index contributed by atoms with van der Waals surface area (Å²) >= 11 is -2.32. The molecule has 0 N–H and O–H groups in total. The van der Waals surface area contributed by atoms with Gasteiger partial charge in [-0.05, 0) is 0 Å². The van der Waals surface area contributed by atoms with Gasteiger partial charge in [-0.2, -0.15) is 0 Å². The van der Waals surface area contributed by atoms with Gasteiger partial charge in [-0.25, -0.2) is 0 Å². The van der Waals surface area contributed by atoms with Crippen LogP contribution in [0.25, 0.3) is 0 Å². The van der Waals surface area contributed by atoms with Crippen LogP contribution in [0.3, 0.4) is 0 Å². The fourth-order valence-electron chi connectivity index (χ4n) is 5.26. The van der Waals surface area contributed by atoms with Crippen molar-refractivity contribution in [1.29, 1.82) is 0 Å². The van der Waals surface area contributed by atoms with Crippen molar-refractivity contribution in [1.82, 2.24) is 0 Å². The molecule has 0 aromatic heterocycles. The molecule has 0 atom stereocenters. The van der Waals surface area contributed by atoms with Crippen LogP contribution in [0.5, 0.6) is 0 Å². The van der Waals surface area contributed by atoms with Crippen molar-refractivity contribution in [3.05, 3.63) is 0 Å². The van der Waals surface area contributed by atoms with Gasteiger partial charge in [0.05, 0.1) is 0 Å². The molecule has 4 nitrogen and oxygen atoms in total. The summed E-state index contributed by atoms with van der Waals surface area (Å²) in [7, 11) is 0. The van der Waals surface area contributed by atoms with Crippen molar-refractivity contribution >= 4 is 67.0 Å². The molecule has 0 spiro atoms. The van der Waals surface area contributed by atoms with Crippen LogP contribution in [0.2, 0.25) is 0 Å². The SMILES string of the molecule is CCC(C)(C)C1=N[C]([Ba][C]2(C(C)(C)C)N=C(C(C)(C)CC)C(C(C)(C)CC)=N2)(C(C)(C)C)N=C1C(C)(C)CC. The van der Waals surface area contributed by atoms with Crippen LogP contribution in [-0.2, 0) is 0 Å². The van der Waals surface area contributed by atoms with E-state index < -0.39 is 44.4 Å². The van der Waals surface area contributed by atoms with Gasteiger partial charge in [-0.15, -0.1) is 0 Å². The molecule has 0 aliphatic carbocycles.